The molecule has 2 saturated carbocycles. The molecule has 0 spiro atoms. The normalized spacial score (nSPS) is 20.9. The molecule has 6 rings (SSSR count). The molecular formula is C36H42SiZr. The minimum absolute atomic E-state index is 0. The Balaban J connectivity index is 0.000000162. The Kier molecular flexibility index (Phi) is 13.2. The molecular weight excluding hydrogens is 552 g/mol. The summed E-state index contributed by atoms with van der Waals surface area (Å²) in [4.78, 5) is 0. The van der Waals surface area contributed by atoms with Gasteiger partial charge in [0.2, 0.25) is 0 Å². The Bertz CT molecular complexity index is 1090. The summed E-state index contributed by atoms with van der Waals surface area (Å²) >= 11 is 0. The van der Waals surface area contributed by atoms with Crippen LogP contribution in [0.1, 0.15) is 49.7 Å². The van der Waals surface area contributed by atoms with Crippen molar-refractivity contribution in [2.45, 2.75) is 51.6 Å². The molecule has 0 N–H and O–H groups in total. The summed E-state index contributed by atoms with van der Waals surface area (Å²) in [6, 6.07) is 20.6. The Morgan fingerprint density at radius 2 is 1.34 bits per heavy atom. The molecule has 0 nitrogen and oxygen atoms in total. The van der Waals surface area contributed by atoms with Crippen molar-refractivity contribution in [3.05, 3.63) is 144 Å². The Labute approximate surface area is 252 Å². The van der Waals surface area contributed by atoms with E-state index >= 15 is 0 Å². The summed E-state index contributed by atoms with van der Waals surface area (Å²) in [6.45, 7) is 4.91. The van der Waals surface area contributed by atoms with Gasteiger partial charge in [-0.2, -0.15) is 0 Å². The topological polar surface area (TPSA) is 0 Å². The van der Waals surface area contributed by atoms with Crippen LogP contribution in [0.15, 0.2) is 120 Å². The maximum Gasteiger partial charge on any atom is 2.00 e. The van der Waals surface area contributed by atoms with Gasteiger partial charge >= 0.3 is 26.2 Å². The van der Waals surface area contributed by atoms with Crippen LogP contribution in [0.25, 0.3) is 12.2 Å². The molecule has 194 valence electrons. The summed E-state index contributed by atoms with van der Waals surface area (Å²) in [7, 11) is -0.503. The van der Waals surface area contributed by atoms with Crippen molar-refractivity contribution in [2.24, 2.45) is 11.8 Å². The molecule has 0 bridgehead atoms. The summed E-state index contributed by atoms with van der Waals surface area (Å²) in [5.41, 5.74) is 7.60. The molecule has 0 amide bonds. The van der Waals surface area contributed by atoms with Gasteiger partial charge in [-0.1, -0.05) is 117 Å². The third-order valence-corrected chi connectivity index (χ3v) is 9.62. The van der Waals surface area contributed by atoms with E-state index in [0.29, 0.717) is 0 Å². The van der Waals surface area contributed by atoms with Gasteiger partial charge in [0, 0.05) is 0 Å². The van der Waals surface area contributed by atoms with Crippen LogP contribution >= 0.6 is 0 Å². The van der Waals surface area contributed by atoms with Crippen molar-refractivity contribution in [2.75, 3.05) is 0 Å². The number of benzene rings is 2. The first-order valence-corrected chi connectivity index (χ1v) is 17.0. The molecule has 2 aromatic carbocycles. The first-order chi connectivity index (χ1) is 18.2. The fourth-order valence-electron chi connectivity index (χ4n) is 5.54. The first-order valence-electron chi connectivity index (χ1n) is 14.1. The number of fused-ring (bicyclic) bond motifs is 2. The van der Waals surface area contributed by atoms with E-state index in [0.717, 1.165) is 11.8 Å². The van der Waals surface area contributed by atoms with Gasteiger partial charge < -0.3 is 0 Å². The van der Waals surface area contributed by atoms with Crippen LogP contribution in [0, 0.1) is 23.8 Å². The van der Waals surface area contributed by atoms with Gasteiger partial charge in [0.25, 0.3) is 0 Å². The molecule has 0 aromatic heterocycles. The summed E-state index contributed by atoms with van der Waals surface area (Å²) in [6.07, 6.45) is 32.4. The second-order valence-corrected chi connectivity index (χ2v) is 13.6. The minimum atomic E-state index is -0.503. The maximum absolute atomic E-state index is 2.46. The zero-order valence-corrected chi connectivity index (χ0v) is 26.7. The number of rotatable bonds is 4. The van der Waals surface area contributed by atoms with Crippen LogP contribution in [0.2, 0.25) is 13.1 Å². The smallest absolute Gasteiger partial charge is 0.227 e. The summed E-state index contributed by atoms with van der Waals surface area (Å²) in [5.74, 6) is 1.79. The van der Waals surface area contributed by atoms with Crippen molar-refractivity contribution in [3.8, 4) is 0 Å². The monoisotopic (exact) mass is 592 g/mol. The largest absolute Gasteiger partial charge is 2.00 e. The number of allylic oxidation sites excluding steroid dienone is 10. The zero-order chi connectivity index (χ0) is 25.7. The van der Waals surface area contributed by atoms with Crippen LogP contribution in [-0.2, 0) is 26.2 Å². The zero-order valence-electron chi connectivity index (χ0n) is 23.1. The van der Waals surface area contributed by atoms with Crippen molar-refractivity contribution in [1.29, 1.82) is 0 Å². The van der Waals surface area contributed by atoms with Crippen LogP contribution in [0.4, 0.5) is 0 Å². The van der Waals surface area contributed by atoms with Crippen molar-refractivity contribution in [3.63, 3.8) is 0 Å². The van der Waals surface area contributed by atoms with Crippen molar-refractivity contribution < 1.29 is 26.2 Å². The van der Waals surface area contributed by atoms with Gasteiger partial charge in [0.15, 0.2) is 0 Å². The third kappa shape index (κ3) is 9.48. The van der Waals surface area contributed by atoms with Gasteiger partial charge in [-0.15, -0.1) is 30.7 Å². The van der Waals surface area contributed by atoms with Crippen molar-refractivity contribution >= 4 is 20.9 Å². The molecule has 0 aliphatic heterocycles. The summed E-state index contributed by atoms with van der Waals surface area (Å²) < 4.78 is 0. The Morgan fingerprint density at radius 1 is 0.763 bits per heavy atom. The molecule has 2 aromatic rings. The molecule has 4 aliphatic rings. The van der Waals surface area contributed by atoms with E-state index in [-0.39, 0.29) is 26.2 Å². The second kappa shape index (κ2) is 16.6. The van der Waals surface area contributed by atoms with Crippen LogP contribution in [0.5, 0.6) is 0 Å². The van der Waals surface area contributed by atoms with Gasteiger partial charge in [-0.25, -0.2) is 35.3 Å². The molecule has 2 atom stereocenters. The van der Waals surface area contributed by atoms with Crippen molar-refractivity contribution in [1.82, 2.24) is 0 Å². The van der Waals surface area contributed by atoms with E-state index in [2.05, 4.69) is 105 Å². The molecule has 2 fully saturated rings. The number of hydrogen-bond acceptors (Lipinski definition) is 0. The fourth-order valence-corrected chi connectivity index (χ4v) is 7.29. The van der Waals surface area contributed by atoms with Gasteiger partial charge in [-0.3, -0.25) is 0 Å². The van der Waals surface area contributed by atoms with Gasteiger partial charge in [0.05, 0.1) is 0 Å². The Morgan fingerprint density at radius 3 is 1.92 bits per heavy atom. The molecule has 0 radical (unpaired) electrons. The van der Waals surface area contributed by atoms with Gasteiger partial charge in [0.1, 0.15) is 0 Å². The van der Waals surface area contributed by atoms with E-state index in [9.17, 15) is 0 Å². The van der Waals surface area contributed by atoms with E-state index in [1.165, 1.54) is 49.7 Å². The molecule has 4 aliphatic carbocycles. The molecule has 2 unspecified atom stereocenters. The average Bonchev–Trinajstić information content (AvgIpc) is 3.61. The van der Waals surface area contributed by atoms with E-state index < -0.39 is 8.80 Å². The SMILES string of the molecule is C(C=Cc1ccccc1)=Cc1ccccc1.C1=CCC2CC[CH-]C2=C1.C[SiH](C)[C-]1CCC2CC=CC=C12.[Zr+2]. The fraction of sp³-hybridized carbons (Fsp3) is 0.278. The predicted molar refractivity (Wildman–Crippen MR) is 166 cm³/mol. The maximum atomic E-state index is 2.46. The minimum Gasteiger partial charge on any atom is -0.227 e. The second-order valence-electron chi connectivity index (χ2n) is 10.5. The molecule has 2 heteroatoms. The predicted octanol–water partition coefficient (Wildman–Crippen LogP) is 9.78. The van der Waals surface area contributed by atoms with Crippen LogP contribution < -0.4 is 0 Å². The van der Waals surface area contributed by atoms with E-state index in [4.69, 9.17) is 0 Å². The van der Waals surface area contributed by atoms with Crippen LogP contribution in [0.3, 0.4) is 0 Å². The van der Waals surface area contributed by atoms with E-state index in [1.807, 2.05) is 41.9 Å². The van der Waals surface area contributed by atoms with Gasteiger partial charge in [-0.05, 0) is 44.6 Å². The Hall–Kier alpha value is -2.28. The average molecular weight is 594 g/mol. The third-order valence-electron chi connectivity index (χ3n) is 7.60. The summed E-state index contributed by atoms with van der Waals surface area (Å²) in [5, 5.41) is 0. The van der Waals surface area contributed by atoms with E-state index in [1.54, 1.807) is 11.1 Å². The van der Waals surface area contributed by atoms with Crippen LogP contribution in [-0.4, -0.2) is 8.80 Å². The standard InChI is InChI=1S/C16H14.C11H17Si.C9H11.Zr/c1-3-9-15(10-4-1)13-7-8-14-16-11-5-2-6-12-16;1-12(2)11-8-7-9-5-3-4-6-10(9)11;1-2-5-9-7-3-6-8(9)4-1;/h1-14H;3-4,6,9,12H,5,7-8H2,1-2H3;1-2,4,6,9H,3,5,7H2;/q;2*-1;+2. The molecule has 0 heterocycles. The molecule has 0 saturated heterocycles. The molecule has 38 heavy (non-hydrogen) atoms. The quantitative estimate of drug-likeness (QED) is 0.188. The number of hydrogen-bond donors (Lipinski definition) is 0. The first kappa shape index (κ1) is 30.3.